The van der Waals surface area contributed by atoms with Crippen molar-refractivity contribution in [1.29, 1.82) is 0 Å². The van der Waals surface area contributed by atoms with Crippen molar-refractivity contribution in [1.82, 2.24) is 14.7 Å². The number of fused-ring (bicyclic) bond motifs is 2. The largest absolute Gasteiger partial charge is 0.481 e. The molecule has 3 aliphatic rings. The number of carbonyl (C=O) groups excluding carboxylic acids is 2. The van der Waals surface area contributed by atoms with Crippen LogP contribution in [-0.2, 0) is 25.6 Å². The number of carboxylic acid groups (broad SMARTS) is 1. The summed E-state index contributed by atoms with van der Waals surface area (Å²) in [6, 6.07) is 0. The lowest BCUT2D eigenvalue weighted by Gasteiger charge is -2.27. The van der Waals surface area contributed by atoms with Crippen molar-refractivity contribution in [2.24, 2.45) is 11.8 Å². The summed E-state index contributed by atoms with van der Waals surface area (Å²) in [6.07, 6.45) is 1.94. The maximum absolute atomic E-state index is 13.0. The Morgan fingerprint density at radius 3 is 2.54 bits per heavy atom. The number of carbonyl (C=O) groups is 3. The van der Waals surface area contributed by atoms with Gasteiger partial charge in [-0.2, -0.15) is 5.10 Å². The van der Waals surface area contributed by atoms with Gasteiger partial charge in [-0.05, 0) is 19.8 Å². The molecule has 3 aliphatic heterocycles. The zero-order valence-corrected chi connectivity index (χ0v) is 15.7. The summed E-state index contributed by atoms with van der Waals surface area (Å²) in [6.45, 7) is 4.22. The molecule has 2 bridgehead atoms. The molecule has 1 aromatic heterocycles. The molecule has 0 aromatic carbocycles. The second-order valence-corrected chi connectivity index (χ2v) is 7.30. The second-order valence-electron chi connectivity index (χ2n) is 7.30. The summed E-state index contributed by atoms with van der Waals surface area (Å²) in [7, 11) is 0. The Bertz CT molecular complexity index is 787. The second kappa shape index (κ2) is 7.51. The van der Waals surface area contributed by atoms with Crippen LogP contribution in [0.5, 0.6) is 0 Å². The number of nitrogens with zero attached hydrogens (tertiary/aromatic N) is 3. The lowest BCUT2D eigenvalue weighted by molar-refractivity contribution is -0.147. The molecule has 10 heteroatoms. The number of anilines is 1. The Kier molecular flexibility index (Phi) is 5.07. The van der Waals surface area contributed by atoms with Crippen LogP contribution in [0, 0.1) is 11.8 Å². The molecule has 2 amide bonds. The predicted octanol–water partition coefficient (Wildman–Crippen LogP) is 0.192. The fourth-order valence-corrected chi connectivity index (χ4v) is 4.40. The Labute approximate surface area is 161 Å². The summed E-state index contributed by atoms with van der Waals surface area (Å²) in [5, 5.41) is 16.5. The first-order valence-electron chi connectivity index (χ1n) is 9.63. The molecule has 3 fully saturated rings. The van der Waals surface area contributed by atoms with E-state index in [4.69, 9.17) is 9.47 Å². The van der Waals surface area contributed by atoms with E-state index in [9.17, 15) is 19.5 Å². The quantitative estimate of drug-likeness (QED) is 0.733. The Morgan fingerprint density at radius 2 is 1.89 bits per heavy atom. The average Bonchev–Trinajstić information content (AvgIpc) is 3.42. The van der Waals surface area contributed by atoms with Gasteiger partial charge in [0.2, 0.25) is 5.91 Å². The first kappa shape index (κ1) is 18.9. The fraction of sp³-hybridized carbons (Fsp3) is 0.667. The van der Waals surface area contributed by atoms with Crippen molar-refractivity contribution in [3.8, 4) is 0 Å². The topological polar surface area (TPSA) is 123 Å². The minimum absolute atomic E-state index is 0.225. The molecule has 2 N–H and O–H groups in total. The van der Waals surface area contributed by atoms with E-state index in [0.717, 1.165) is 0 Å². The minimum Gasteiger partial charge on any atom is -0.481 e. The lowest BCUT2D eigenvalue weighted by Crippen LogP contribution is -2.43. The van der Waals surface area contributed by atoms with Gasteiger partial charge >= 0.3 is 5.97 Å². The summed E-state index contributed by atoms with van der Waals surface area (Å²) in [5.41, 5.74) is 0.601. The number of hydrogen-bond acceptors (Lipinski definition) is 6. The molecule has 0 radical (unpaired) electrons. The molecule has 10 nitrogen and oxygen atoms in total. The van der Waals surface area contributed by atoms with Crippen molar-refractivity contribution in [3.63, 3.8) is 0 Å². The van der Waals surface area contributed by atoms with Gasteiger partial charge in [-0.1, -0.05) is 0 Å². The van der Waals surface area contributed by atoms with Gasteiger partial charge in [0.25, 0.3) is 5.91 Å². The van der Waals surface area contributed by atoms with E-state index in [0.29, 0.717) is 57.1 Å². The van der Waals surface area contributed by atoms with Crippen LogP contribution in [0.1, 0.15) is 30.3 Å². The number of aromatic nitrogens is 2. The van der Waals surface area contributed by atoms with E-state index in [1.807, 2.05) is 6.92 Å². The van der Waals surface area contributed by atoms with E-state index in [1.165, 1.54) is 6.20 Å². The number of aryl methyl sites for hydroxylation is 1. The van der Waals surface area contributed by atoms with Crippen molar-refractivity contribution < 1.29 is 29.0 Å². The van der Waals surface area contributed by atoms with Crippen LogP contribution in [0.2, 0.25) is 0 Å². The molecular formula is C18H24N4O6. The van der Waals surface area contributed by atoms with Gasteiger partial charge in [-0.15, -0.1) is 0 Å². The highest BCUT2D eigenvalue weighted by Gasteiger charge is 2.55. The number of nitrogens with one attached hydrogen (secondary N) is 1. The number of aliphatic carboxylic acids is 1. The first-order valence-corrected chi connectivity index (χ1v) is 9.63. The maximum Gasteiger partial charge on any atom is 0.310 e. The standard InChI is InChI=1S/C18H24N4O6/c1-2-22-15(17(24)21-5-7-27-8-6-21)10(9-19-22)20-16(23)13-11-3-4-12(28-11)14(13)18(25)26/h9,11-14H,2-8H2,1H3,(H,20,23)(H,25,26). The number of ether oxygens (including phenoxy) is 2. The predicted molar refractivity (Wildman–Crippen MR) is 95.8 cm³/mol. The minimum atomic E-state index is -1.03. The van der Waals surface area contributed by atoms with Crippen molar-refractivity contribution in [3.05, 3.63) is 11.9 Å². The zero-order chi connectivity index (χ0) is 19.8. The van der Waals surface area contributed by atoms with Gasteiger partial charge in [0.1, 0.15) is 5.69 Å². The smallest absolute Gasteiger partial charge is 0.310 e. The third-order valence-corrected chi connectivity index (χ3v) is 5.76. The normalized spacial score (nSPS) is 29.1. The highest BCUT2D eigenvalue weighted by atomic mass is 16.5. The first-order chi connectivity index (χ1) is 13.5. The summed E-state index contributed by atoms with van der Waals surface area (Å²) in [5.74, 6) is -3.32. The van der Waals surface area contributed by atoms with Gasteiger partial charge in [0, 0.05) is 19.6 Å². The van der Waals surface area contributed by atoms with E-state index in [-0.39, 0.29) is 5.91 Å². The van der Waals surface area contributed by atoms with Crippen LogP contribution < -0.4 is 5.32 Å². The molecule has 0 spiro atoms. The van der Waals surface area contributed by atoms with E-state index in [2.05, 4.69) is 10.4 Å². The monoisotopic (exact) mass is 392 g/mol. The van der Waals surface area contributed by atoms with Crippen molar-refractivity contribution in [2.75, 3.05) is 31.6 Å². The van der Waals surface area contributed by atoms with Gasteiger partial charge < -0.3 is 24.8 Å². The van der Waals surface area contributed by atoms with Crippen molar-refractivity contribution in [2.45, 2.75) is 38.5 Å². The number of morpholine rings is 1. The molecule has 3 saturated heterocycles. The van der Waals surface area contributed by atoms with Gasteiger partial charge in [0.05, 0.1) is 49.1 Å². The molecular weight excluding hydrogens is 368 g/mol. The zero-order valence-electron chi connectivity index (χ0n) is 15.7. The van der Waals surface area contributed by atoms with Crippen LogP contribution in [-0.4, -0.2) is 76.1 Å². The van der Waals surface area contributed by atoms with E-state index < -0.39 is 35.9 Å². The van der Waals surface area contributed by atoms with Crippen LogP contribution >= 0.6 is 0 Å². The Balaban J connectivity index is 1.56. The lowest BCUT2D eigenvalue weighted by atomic mass is 9.78. The molecule has 4 heterocycles. The van der Waals surface area contributed by atoms with E-state index in [1.54, 1.807) is 9.58 Å². The molecule has 1 aromatic rings. The molecule has 0 aliphatic carbocycles. The summed E-state index contributed by atoms with van der Waals surface area (Å²) in [4.78, 5) is 39.2. The van der Waals surface area contributed by atoms with Crippen LogP contribution in [0.25, 0.3) is 0 Å². The Morgan fingerprint density at radius 1 is 1.21 bits per heavy atom. The van der Waals surface area contributed by atoms with Gasteiger partial charge in [-0.3, -0.25) is 19.1 Å². The van der Waals surface area contributed by atoms with Crippen molar-refractivity contribution >= 4 is 23.5 Å². The van der Waals surface area contributed by atoms with Gasteiger partial charge in [-0.25, -0.2) is 0 Å². The highest BCUT2D eigenvalue weighted by Crippen LogP contribution is 2.44. The number of hydrogen-bond donors (Lipinski definition) is 2. The molecule has 28 heavy (non-hydrogen) atoms. The third kappa shape index (κ3) is 3.16. The SMILES string of the molecule is CCn1ncc(NC(=O)C2C3CCC(O3)C2C(=O)O)c1C(=O)N1CCOCC1. The molecule has 4 rings (SSSR count). The Hall–Kier alpha value is -2.46. The maximum atomic E-state index is 13.0. The van der Waals surface area contributed by atoms with Crippen LogP contribution in [0.15, 0.2) is 6.20 Å². The fourth-order valence-electron chi connectivity index (χ4n) is 4.40. The average molecular weight is 392 g/mol. The van der Waals surface area contributed by atoms with Crippen LogP contribution in [0.3, 0.4) is 0 Å². The van der Waals surface area contributed by atoms with E-state index >= 15 is 0 Å². The summed E-state index contributed by atoms with van der Waals surface area (Å²) < 4.78 is 12.5. The van der Waals surface area contributed by atoms with Gasteiger partial charge in [0.15, 0.2) is 0 Å². The number of rotatable bonds is 5. The number of carboxylic acids is 1. The number of amides is 2. The molecule has 0 saturated carbocycles. The molecule has 4 unspecified atom stereocenters. The van der Waals surface area contributed by atoms with Crippen LogP contribution in [0.4, 0.5) is 5.69 Å². The third-order valence-electron chi connectivity index (χ3n) is 5.76. The summed E-state index contributed by atoms with van der Waals surface area (Å²) >= 11 is 0. The molecule has 4 atom stereocenters. The highest BCUT2D eigenvalue weighted by molar-refractivity contribution is 6.04. The molecule has 152 valence electrons.